The highest BCUT2D eigenvalue weighted by atomic mass is 79.9. The molecule has 0 fully saturated rings. The third-order valence-electron chi connectivity index (χ3n) is 4.37. The Balaban J connectivity index is 1.80. The van der Waals surface area contributed by atoms with Gasteiger partial charge < -0.3 is 21.5 Å². The lowest BCUT2D eigenvalue weighted by molar-refractivity contribution is -0.119. The molecule has 2 aromatic carbocycles. The van der Waals surface area contributed by atoms with Crippen molar-refractivity contribution in [2.45, 2.75) is 24.9 Å². The van der Waals surface area contributed by atoms with E-state index in [0.29, 0.717) is 30.8 Å². The van der Waals surface area contributed by atoms with E-state index in [4.69, 9.17) is 16.2 Å². The summed E-state index contributed by atoms with van der Waals surface area (Å²) in [6.45, 7) is 0.455. The number of primary amides is 1. The van der Waals surface area contributed by atoms with E-state index in [1.165, 1.54) is 0 Å². The number of carbonyl (C=O) groups is 2. The van der Waals surface area contributed by atoms with Crippen LogP contribution in [0.1, 0.15) is 33.9 Å². The van der Waals surface area contributed by atoms with Gasteiger partial charge in [0, 0.05) is 28.9 Å². The maximum atomic E-state index is 12.7. The van der Waals surface area contributed by atoms with Gasteiger partial charge in [-0.25, -0.2) is 0 Å². The molecule has 0 saturated carbocycles. The average Bonchev–Trinajstić information content (AvgIpc) is 2.62. The predicted molar refractivity (Wildman–Crippen MR) is 102 cm³/mol. The molecule has 0 radical (unpaired) electrons. The molecule has 0 bridgehead atoms. The third kappa shape index (κ3) is 4.05. The molecule has 1 heterocycles. The van der Waals surface area contributed by atoms with Gasteiger partial charge in [-0.05, 0) is 23.8 Å². The van der Waals surface area contributed by atoms with E-state index >= 15 is 0 Å². The van der Waals surface area contributed by atoms with Crippen LogP contribution in [0.4, 0.5) is 0 Å². The number of benzene rings is 2. The molecule has 2 amide bonds. The van der Waals surface area contributed by atoms with E-state index in [-0.39, 0.29) is 6.04 Å². The van der Waals surface area contributed by atoms with Crippen molar-refractivity contribution >= 4 is 27.7 Å². The van der Waals surface area contributed by atoms with E-state index in [9.17, 15) is 9.59 Å². The van der Waals surface area contributed by atoms with Crippen LogP contribution in [0, 0.1) is 0 Å². The first-order valence-electron chi connectivity index (χ1n) is 8.31. The van der Waals surface area contributed by atoms with E-state index in [2.05, 4.69) is 21.2 Å². The van der Waals surface area contributed by atoms with Crippen molar-refractivity contribution in [2.75, 3.05) is 6.61 Å². The average molecular weight is 418 g/mol. The molecular formula is C19H20BrN3O3. The zero-order valence-electron chi connectivity index (χ0n) is 14.1. The standard InChI is InChI=1S/C19H20BrN3O3/c20-12-6-4-11(5-7-12)10-16(18(22)24)23-19(25)14-3-1-2-13-15(21)8-9-26-17(13)14/h1-7,15-16H,8-10,21H2,(H2,22,24)(H,23,25)/t15?,16-/m0/s1. The Morgan fingerprint density at radius 1 is 1.23 bits per heavy atom. The Hall–Kier alpha value is -2.38. The van der Waals surface area contributed by atoms with E-state index in [1.54, 1.807) is 12.1 Å². The monoisotopic (exact) mass is 417 g/mol. The van der Waals surface area contributed by atoms with Crippen molar-refractivity contribution in [1.82, 2.24) is 5.32 Å². The second-order valence-corrected chi connectivity index (χ2v) is 7.14. The van der Waals surface area contributed by atoms with Gasteiger partial charge in [-0.2, -0.15) is 0 Å². The molecule has 1 unspecified atom stereocenters. The van der Waals surface area contributed by atoms with Gasteiger partial charge in [-0.15, -0.1) is 0 Å². The molecule has 1 aliphatic heterocycles. The first-order valence-corrected chi connectivity index (χ1v) is 9.11. The predicted octanol–water partition coefficient (Wildman–Crippen LogP) is 2.06. The lowest BCUT2D eigenvalue weighted by Crippen LogP contribution is -2.46. The summed E-state index contributed by atoms with van der Waals surface area (Å²) in [5.41, 5.74) is 13.6. The second kappa shape index (κ2) is 7.88. The zero-order chi connectivity index (χ0) is 18.7. The number of ether oxygens (including phenoxy) is 1. The van der Waals surface area contributed by atoms with Gasteiger partial charge in [0.2, 0.25) is 5.91 Å². The smallest absolute Gasteiger partial charge is 0.255 e. The maximum absolute atomic E-state index is 12.7. The van der Waals surface area contributed by atoms with Crippen molar-refractivity contribution in [3.05, 3.63) is 63.6 Å². The number of carbonyl (C=O) groups excluding carboxylic acids is 2. The molecule has 0 aromatic heterocycles. The van der Waals surface area contributed by atoms with Crippen LogP contribution in [0.3, 0.4) is 0 Å². The van der Waals surface area contributed by atoms with Gasteiger partial charge in [0.05, 0.1) is 12.2 Å². The summed E-state index contributed by atoms with van der Waals surface area (Å²) >= 11 is 3.37. The summed E-state index contributed by atoms with van der Waals surface area (Å²) in [7, 11) is 0. The number of hydrogen-bond donors (Lipinski definition) is 3. The summed E-state index contributed by atoms with van der Waals surface area (Å²) < 4.78 is 6.59. The number of rotatable bonds is 5. The van der Waals surface area contributed by atoms with Crippen molar-refractivity contribution in [2.24, 2.45) is 11.5 Å². The Labute approximate surface area is 160 Å². The van der Waals surface area contributed by atoms with Crippen molar-refractivity contribution in [1.29, 1.82) is 0 Å². The SMILES string of the molecule is NC(=O)[C@H](Cc1ccc(Br)cc1)NC(=O)c1cccc2c1OCCC2N. The molecule has 2 atom stereocenters. The molecule has 7 heteroatoms. The van der Waals surface area contributed by atoms with Crippen LogP contribution < -0.4 is 21.5 Å². The van der Waals surface area contributed by atoms with Crippen LogP contribution in [0.5, 0.6) is 5.75 Å². The van der Waals surface area contributed by atoms with Gasteiger partial charge in [0.1, 0.15) is 11.8 Å². The molecule has 0 aliphatic carbocycles. The van der Waals surface area contributed by atoms with Crippen LogP contribution in [0.25, 0.3) is 0 Å². The van der Waals surface area contributed by atoms with E-state index < -0.39 is 17.9 Å². The first kappa shape index (κ1) is 18.4. The van der Waals surface area contributed by atoms with Crippen molar-refractivity contribution < 1.29 is 14.3 Å². The van der Waals surface area contributed by atoms with E-state index in [0.717, 1.165) is 15.6 Å². The van der Waals surface area contributed by atoms with Gasteiger partial charge in [0.15, 0.2) is 0 Å². The fourth-order valence-corrected chi connectivity index (χ4v) is 3.21. The van der Waals surface area contributed by atoms with Crippen LogP contribution in [-0.4, -0.2) is 24.5 Å². The Kier molecular flexibility index (Phi) is 5.58. The number of para-hydroxylation sites is 1. The van der Waals surface area contributed by atoms with Crippen molar-refractivity contribution in [3.8, 4) is 5.75 Å². The minimum atomic E-state index is -0.822. The van der Waals surface area contributed by atoms with Crippen molar-refractivity contribution in [3.63, 3.8) is 0 Å². The Morgan fingerprint density at radius 3 is 2.65 bits per heavy atom. The molecule has 5 N–H and O–H groups in total. The van der Waals surface area contributed by atoms with Gasteiger partial charge in [-0.3, -0.25) is 9.59 Å². The van der Waals surface area contributed by atoms with Gasteiger partial charge in [-0.1, -0.05) is 40.2 Å². The molecule has 1 aliphatic rings. The summed E-state index contributed by atoms with van der Waals surface area (Å²) in [4.78, 5) is 24.6. The quantitative estimate of drug-likeness (QED) is 0.691. The van der Waals surface area contributed by atoms with Gasteiger partial charge >= 0.3 is 0 Å². The van der Waals surface area contributed by atoms with E-state index in [1.807, 2.05) is 30.3 Å². The minimum Gasteiger partial charge on any atom is -0.492 e. The normalized spacial score (nSPS) is 16.9. The molecule has 26 heavy (non-hydrogen) atoms. The highest BCUT2D eigenvalue weighted by Gasteiger charge is 2.26. The molecule has 0 spiro atoms. The topological polar surface area (TPSA) is 107 Å². The van der Waals surface area contributed by atoms with Gasteiger partial charge in [0.25, 0.3) is 5.91 Å². The maximum Gasteiger partial charge on any atom is 0.255 e. The second-order valence-electron chi connectivity index (χ2n) is 6.23. The fourth-order valence-electron chi connectivity index (χ4n) is 2.95. The lowest BCUT2D eigenvalue weighted by atomic mass is 9.97. The number of halogens is 1. The number of fused-ring (bicyclic) bond motifs is 1. The summed E-state index contributed by atoms with van der Waals surface area (Å²) in [5, 5.41) is 2.71. The lowest BCUT2D eigenvalue weighted by Gasteiger charge is -2.25. The van der Waals surface area contributed by atoms with Crippen LogP contribution in [0.15, 0.2) is 46.9 Å². The summed E-state index contributed by atoms with van der Waals surface area (Å²) in [6, 6.07) is 11.8. The van der Waals surface area contributed by atoms with Crippen LogP contribution >= 0.6 is 15.9 Å². The zero-order valence-corrected chi connectivity index (χ0v) is 15.7. The molecule has 136 valence electrons. The first-order chi connectivity index (χ1) is 12.5. The third-order valence-corrected chi connectivity index (χ3v) is 4.90. The Bertz CT molecular complexity index is 823. The highest BCUT2D eigenvalue weighted by molar-refractivity contribution is 9.10. The number of nitrogens with two attached hydrogens (primary N) is 2. The minimum absolute atomic E-state index is 0.166. The summed E-state index contributed by atoms with van der Waals surface area (Å²) in [6.07, 6.45) is 1.01. The molecular weight excluding hydrogens is 398 g/mol. The van der Waals surface area contributed by atoms with Crippen LogP contribution in [0.2, 0.25) is 0 Å². The molecule has 6 nitrogen and oxygen atoms in total. The molecule has 3 rings (SSSR count). The summed E-state index contributed by atoms with van der Waals surface area (Å²) in [5.74, 6) is -0.517. The molecule has 2 aromatic rings. The number of hydrogen-bond acceptors (Lipinski definition) is 4. The Morgan fingerprint density at radius 2 is 1.96 bits per heavy atom. The number of nitrogens with one attached hydrogen (secondary N) is 1. The largest absolute Gasteiger partial charge is 0.492 e. The van der Waals surface area contributed by atoms with Crippen LogP contribution in [-0.2, 0) is 11.2 Å². The fraction of sp³-hybridized carbons (Fsp3) is 0.263. The molecule has 0 saturated heterocycles. The highest BCUT2D eigenvalue weighted by Crippen LogP contribution is 2.33. The number of amides is 2.